The Bertz CT molecular complexity index is 990. The Labute approximate surface area is 186 Å². The summed E-state index contributed by atoms with van der Waals surface area (Å²) >= 11 is 0. The van der Waals surface area contributed by atoms with Crippen molar-refractivity contribution in [1.82, 2.24) is 5.32 Å². The van der Waals surface area contributed by atoms with E-state index in [1.54, 1.807) is 56.3 Å². The van der Waals surface area contributed by atoms with Crippen molar-refractivity contribution in [3.8, 4) is 17.2 Å². The lowest BCUT2D eigenvalue weighted by Gasteiger charge is -2.21. The number of anilines is 1. The van der Waals surface area contributed by atoms with Crippen molar-refractivity contribution >= 4 is 23.5 Å². The second kappa shape index (κ2) is 10.5. The van der Waals surface area contributed by atoms with Crippen LogP contribution in [-0.4, -0.2) is 43.8 Å². The summed E-state index contributed by atoms with van der Waals surface area (Å²) in [7, 11) is 0. The summed E-state index contributed by atoms with van der Waals surface area (Å²) in [6, 6.07) is 10.8. The van der Waals surface area contributed by atoms with Gasteiger partial charge in [-0.15, -0.1) is 0 Å². The minimum atomic E-state index is -0.935. The first-order valence-corrected chi connectivity index (χ1v) is 10.3. The van der Waals surface area contributed by atoms with Crippen LogP contribution in [0.4, 0.5) is 5.69 Å². The molecule has 32 heavy (non-hydrogen) atoms. The molecule has 0 unspecified atom stereocenters. The molecule has 0 aliphatic carbocycles. The third kappa shape index (κ3) is 5.69. The number of carbonyl (C=O) groups is 3. The third-order valence-electron chi connectivity index (χ3n) is 4.64. The number of nitrogens with one attached hydrogen (secondary N) is 2. The molecule has 0 spiro atoms. The van der Waals surface area contributed by atoms with Crippen LogP contribution in [0.25, 0.3) is 0 Å². The van der Waals surface area contributed by atoms with Gasteiger partial charge in [-0.3, -0.25) is 9.59 Å². The molecule has 0 saturated carbocycles. The van der Waals surface area contributed by atoms with Gasteiger partial charge in [0.15, 0.2) is 18.1 Å². The second-order valence-electron chi connectivity index (χ2n) is 7.35. The minimum Gasteiger partial charge on any atom is -0.493 e. The van der Waals surface area contributed by atoms with Gasteiger partial charge in [-0.1, -0.05) is 26.0 Å². The summed E-state index contributed by atoms with van der Waals surface area (Å²) in [6.45, 7) is 5.39. The van der Waals surface area contributed by atoms with Crippen molar-refractivity contribution in [3.63, 3.8) is 0 Å². The van der Waals surface area contributed by atoms with E-state index in [-0.39, 0.29) is 12.7 Å². The average Bonchev–Trinajstić information content (AvgIpc) is 3.24. The first kappa shape index (κ1) is 22.9. The van der Waals surface area contributed by atoms with Gasteiger partial charge in [-0.25, -0.2) is 4.79 Å². The molecule has 3 rings (SSSR count). The molecule has 1 aliphatic rings. The molecular formula is C23H26N2O7. The van der Waals surface area contributed by atoms with Crippen molar-refractivity contribution in [1.29, 1.82) is 0 Å². The quantitative estimate of drug-likeness (QED) is 0.574. The van der Waals surface area contributed by atoms with Crippen LogP contribution in [0.1, 0.15) is 31.1 Å². The lowest BCUT2D eigenvalue weighted by Crippen LogP contribution is -2.46. The molecule has 9 nitrogen and oxygen atoms in total. The van der Waals surface area contributed by atoms with Gasteiger partial charge in [-0.05, 0) is 37.1 Å². The lowest BCUT2D eigenvalue weighted by atomic mass is 10.0. The van der Waals surface area contributed by atoms with Gasteiger partial charge >= 0.3 is 5.97 Å². The number of carbonyl (C=O) groups excluding carboxylic acids is 3. The summed E-state index contributed by atoms with van der Waals surface area (Å²) in [5.74, 6) is -0.412. The molecule has 2 aromatic carbocycles. The Morgan fingerprint density at radius 1 is 1.06 bits per heavy atom. The molecule has 0 radical (unpaired) electrons. The standard InChI is InChI=1S/C23H26N2O7/c1-4-29-17-8-6-5-7-16(17)22(27)25-21(14(2)3)23(28)30-12-20(26)24-15-9-10-18-19(11-15)32-13-31-18/h5-11,14,21H,4,12-13H2,1-3H3,(H,24,26)(H,25,27)/t21-/m0/s1. The largest absolute Gasteiger partial charge is 0.493 e. The first-order valence-electron chi connectivity index (χ1n) is 10.3. The van der Waals surface area contributed by atoms with Crippen molar-refractivity contribution < 1.29 is 33.3 Å². The summed E-state index contributed by atoms with van der Waals surface area (Å²) in [6.07, 6.45) is 0. The number of para-hydroxylation sites is 1. The zero-order valence-corrected chi connectivity index (χ0v) is 18.2. The van der Waals surface area contributed by atoms with Crippen molar-refractivity contribution in [2.45, 2.75) is 26.8 Å². The molecule has 9 heteroatoms. The van der Waals surface area contributed by atoms with Crippen LogP contribution < -0.4 is 24.8 Å². The van der Waals surface area contributed by atoms with Crippen LogP contribution in [0.2, 0.25) is 0 Å². The van der Waals surface area contributed by atoms with Gasteiger partial charge in [0.2, 0.25) is 6.79 Å². The van der Waals surface area contributed by atoms with E-state index < -0.39 is 30.4 Å². The van der Waals surface area contributed by atoms with Crippen LogP contribution in [0, 0.1) is 5.92 Å². The highest BCUT2D eigenvalue weighted by Crippen LogP contribution is 2.34. The van der Waals surface area contributed by atoms with E-state index in [9.17, 15) is 14.4 Å². The molecule has 0 bridgehead atoms. The third-order valence-corrected chi connectivity index (χ3v) is 4.64. The monoisotopic (exact) mass is 442 g/mol. The van der Waals surface area contributed by atoms with E-state index in [2.05, 4.69) is 10.6 Å². The summed E-state index contributed by atoms with van der Waals surface area (Å²) in [5.41, 5.74) is 0.796. The maximum Gasteiger partial charge on any atom is 0.329 e. The SMILES string of the molecule is CCOc1ccccc1C(=O)N[C@H](C(=O)OCC(=O)Nc1ccc2c(c1)OCO2)C(C)C. The van der Waals surface area contributed by atoms with E-state index in [1.165, 1.54) is 0 Å². The number of ether oxygens (including phenoxy) is 4. The maximum absolute atomic E-state index is 12.7. The predicted octanol–water partition coefficient (Wildman–Crippen LogP) is 2.75. The number of amides is 2. The van der Waals surface area contributed by atoms with Gasteiger partial charge in [0.25, 0.3) is 11.8 Å². The molecule has 1 heterocycles. The summed E-state index contributed by atoms with van der Waals surface area (Å²) in [4.78, 5) is 37.5. The van der Waals surface area contributed by atoms with Crippen LogP contribution in [0.15, 0.2) is 42.5 Å². The highest BCUT2D eigenvalue weighted by atomic mass is 16.7. The van der Waals surface area contributed by atoms with E-state index in [4.69, 9.17) is 18.9 Å². The number of fused-ring (bicyclic) bond motifs is 1. The van der Waals surface area contributed by atoms with E-state index in [0.29, 0.717) is 35.1 Å². The van der Waals surface area contributed by atoms with Crippen LogP contribution >= 0.6 is 0 Å². The second-order valence-corrected chi connectivity index (χ2v) is 7.35. The van der Waals surface area contributed by atoms with E-state index >= 15 is 0 Å². The number of hydrogen-bond donors (Lipinski definition) is 2. The van der Waals surface area contributed by atoms with Crippen LogP contribution in [-0.2, 0) is 14.3 Å². The lowest BCUT2D eigenvalue weighted by molar-refractivity contribution is -0.150. The fraction of sp³-hybridized carbons (Fsp3) is 0.348. The van der Waals surface area contributed by atoms with Crippen molar-refractivity contribution in [2.24, 2.45) is 5.92 Å². The molecular weight excluding hydrogens is 416 g/mol. The average molecular weight is 442 g/mol. The number of hydrogen-bond acceptors (Lipinski definition) is 7. The molecule has 2 N–H and O–H groups in total. The fourth-order valence-corrected chi connectivity index (χ4v) is 3.05. The van der Waals surface area contributed by atoms with E-state index in [1.807, 2.05) is 6.92 Å². The Balaban J connectivity index is 1.57. The van der Waals surface area contributed by atoms with Gasteiger partial charge in [0.05, 0.1) is 12.2 Å². The van der Waals surface area contributed by atoms with Crippen molar-refractivity contribution in [2.75, 3.05) is 25.3 Å². The smallest absolute Gasteiger partial charge is 0.329 e. The van der Waals surface area contributed by atoms with Gasteiger partial charge in [0, 0.05) is 11.8 Å². The Morgan fingerprint density at radius 3 is 2.56 bits per heavy atom. The zero-order valence-electron chi connectivity index (χ0n) is 18.2. The fourth-order valence-electron chi connectivity index (χ4n) is 3.05. The van der Waals surface area contributed by atoms with Gasteiger partial charge in [-0.2, -0.15) is 0 Å². The van der Waals surface area contributed by atoms with Crippen molar-refractivity contribution in [3.05, 3.63) is 48.0 Å². The van der Waals surface area contributed by atoms with Gasteiger partial charge < -0.3 is 29.6 Å². The summed E-state index contributed by atoms with van der Waals surface area (Å²) in [5, 5.41) is 5.31. The van der Waals surface area contributed by atoms with Crippen LogP contribution in [0.3, 0.4) is 0 Å². The topological polar surface area (TPSA) is 112 Å². The molecule has 0 aromatic heterocycles. The summed E-state index contributed by atoms with van der Waals surface area (Å²) < 4.78 is 21.1. The number of esters is 1. The molecule has 170 valence electrons. The Morgan fingerprint density at radius 2 is 1.81 bits per heavy atom. The molecule has 1 aliphatic heterocycles. The normalized spacial score (nSPS) is 12.8. The van der Waals surface area contributed by atoms with E-state index in [0.717, 1.165) is 0 Å². The zero-order chi connectivity index (χ0) is 23.1. The molecule has 1 atom stereocenters. The molecule has 0 fully saturated rings. The van der Waals surface area contributed by atoms with Crippen LogP contribution in [0.5, 0.6) is 17.2 Å². The molecule has 0 saturated heterocycles. The Hall–Kier alpha value is -3.75. The predicted molar refractivity (Wildman–Crippen MR) is 116 cm³/mol. The minimum absolute atomic E-state index is 0.127. The molecule has 2 amide bonds. The highest BCUT2D eigenvalue weighted by molar-refractivity contribution is 5.99. The number of benzene rings is 2. The maximum atomic E-state index is 12.7. The highest BCUT2D eigenvalue weighted by Gasteiger charge is 2.28. The molecule has 2 aromatic rings. The first-order chi connectivity index (χ1) is 15.4. The van der Waals surface area contributed by atoms with Gasteiger partial charge in [0.1, 0.15) is 11.8 Å². The Kier molecular flexibility index (Phi) is 7.54. The number of rotatable bonds is 9.